The minimum atomic E-state index is 0.555. The van der Waals surface area contributed by atoms with Crippen molar-refractivity contribution in [1.29, 1.82) is 0 Å². The van der Waals surface area contributed by atoms with Crippen LogP contribution in [0.5, 0.6) is 0 Å². The first-order valence-electron chi connectivity index (χ1n) is 28.2. The Morgan fingerprint density at radius 1 is 0.267 bits per heavy atom. The van der Waals surface area contributed by atoms with Crippen LogP contribution in [0, 0.1) is 35.5 Å². The third kappa shape index (κ3) is 16.7. The lowest BCUT2D eigenvalue weighted by molar-refractivity contribution is 0.586. The van der Waals surface area contributed by atoms with Crippen LogP contribution >= 0.6 is 0 Å². The molecule has 0 unspecified atom stereocenters. The molecular weight excluding hydrogens is 921 g/mol. The fourth-order valence-electron chi connectivity index (χ4n) is 9.09. The zero-order valence-electron chi connectivity index (χ0n) is 47.5. The van der Waals surface area contributed by atoms with Gasteiger partial charge in [-0.15, -0.1) is 0 Å². The smallest absolute Gasteiger partial charge is 0.144 e. The fourth-order valence-corrected chi connectivity index (χ4v) is 9.09. The molecule has 0 amide bonds. The van der Waals surface area contributed by atoms with Crippen LogP contribution in [0.1, 0.15) is 155 Å². The first-order valence-corrected chi connectivity index (χ1v) is 28.2. The zero-order chi connectivity index (χ0) is 53.4. The number of pyridine rings is 7. The SMILES string of the molecule is CC(C)CCc1ccnc(N(c2cc(N(c3cc(CCC(C)C)ccn3)c3cc(CCC(C)C)ccn3)nc(N(c3cc(CCC(C)C)ccn3)c3cc(CCC(C)C)ccn3)c2)c2cc(CCC(C)C)ccn2)c1. The third-order valence-corrected chi connectivity index (χ3v) is 13.8. The Bertz CT molecular complexity index is 2380. The number of nitrogens with zero attached hydrogens (tertiary/aromatic N) is 10. The van der Waals surface area contributed by atoms with E-state index in [-0.39, 0.29) is 0 Å². The Kier molecular flexibility index (Phi) is 20.5. The van der Waals surface area contributed by atoms with E-state index < -0.39 is 0 Å². The molecular formula is C65H86N10. The molecule has 7 rings (SSSR count). The number of aromatic nitrogens is 7. The van der Waals surface area contributed by atoms with Gasteiger partial charge >= 0.3 is 0 Å². The second-order valence-corrected chi connectivity index (χ2v) is 23.3. The molecule has 0 radical (unpaired) electrons. The van der Waals surface area contributed by atoms with Crippen LogP contribution in [0.2, 0.25) is 0 Å². The number of aryl methyl sites for hydroxylation is 6. The summed E-state index contributed by atoms with van der Waals surface area (Å²) in [4.78, 5) is 43.3. The molecule has 7 aromatic heterocycles. The quantitative estimate of drug-likeness (QED) is 0.0495. The fraction of sp³-hybridized carbons (Fsp3) is 0.462. The highest BCUT2D eigenvalue weighted by Gasteiger charge is 2.27. The monoisotopic (exact) mass is 1010 g/mol. The van der Waals surface area contributed by atoms with E-state index in [1.807, 2.05) is 37.2 Å². The topological polar surface area (TPSA) is 100.0 Å². The normalized spacial score (nSPS) is 11.8. The molecule has 0 fully saturated rings. The molecule has 0 saturated carbocycles. The average Bonchev–Trinajstić information content (AvgIpc) is 3.39. The van der Waals surface area contributed by atoms with Gasteiger partial charge in [0.2, 0.25) is 0 Å². The summed E-state index contributed by atoms with van der Waals surface area (Å²) in [6.07, 6.45) is 23.6. The molecule has 0 aliphatic heterocycles. The van der Waals surface area contributed by atoms with Crippen molar-refractivity contribution in [2.24, 2.45) is 35.5 Å². The van der Waals surface area contributed by atoms with Crippen molar-refractivity contribution in [1.82, 2.24) is 34.9 Å². The van der Waals surface area contributed by atoms with Crippen molar-refractivity contribution in [2.75, 3.05) is 14.7 Å². The van der Waals surface area contributed by atoms with Gasteiger partial charge in [-0.1, -0.05) is 83.1 Å². The molecule has 0 spiro atoms. The van der Waals surface area contributed by atoms with Crippen LogP contribution in [0.15, 0.2) is 122 Å². The second kappa shape index (κ2) is 27.3. The molecule has 0 saturated heterocycles. The summed E-state index contributed by atoms with van der Waals surface area (Å²) < 4.78 is 0. The number of rotatable bonds is 27. The second-order valence-electron chi connectivity index (χ2n) is 23.3. The van der Waals surface area contributed by atoms with Crippen molar-refractivity contribution in [3.63, 3.8) is 0 Å². The highest BCUT2D eigenvalue weighted by molar-refractivity contribution is 5.83. The minimum absolute atomic E-state index is 0.555. The number of hydrogen-bond acceptors (Lipinski definition) is 10. The van der Waals surface area contributed by atoms with Crippen molar-refractivity contribution in [3.05, 3.63) is 155 Å². The van der Waals surface area contributed by atoms with E-state index >= 15 is 0 Å². The lowest BCUT2D eigenvalue weighted by atomic mass is 10.0. The molecule has 10 heteroatoms. The molecule has 10 nitrogen and oxygen atoms in total. The minimum Gasteiger partial charge on any atom is -0.279 e. The molecule has 0 bridgehead atoms. The number of hydrogen-bond donors (Lipinski definition) is 0. The molecule has 75 heavy (non-hydrogen) atoms. The molecule has 7 aromatic rings. The molecule has 0 aromatic carbocycles. The van der Waals surface area contributed by atoms with Gasteiger partial charge in [-0.05, 0) is 219 Å². The third-order valence-electron chi connectivity index (χ3n) is 13.8. The van der Waals surface area contributed by atoms with E-state index in [0.29, 0.717) is 47.1 Å². The summed E-state index contributed by atoms with van der Waals surface area (Å²) in [5, 5.41) is 0. The van der Waals surface area contributed by atoms with E-state index in [1.54, 1.807) is 0 Å². The van der Waals surface area contributed by atoms with Crippen molar-refractivity contribution < 1.29 is 0 Å². The molecule has 0 N–H and O–H groups in total. The zero-order valence-corrected chi connectivity index (χ0v) is 47.5. The molecule has 0 aliphatic rings. The van der Waals surface area contributed by atoms with Gasteiger partial charge in [-0.3, -0.25) is 14.7 Å². The van der Waals surface area contributed by atoms with Gasteiger partial charge in [0.25, 0.3) is 0 Å². The van der Waals surface area contributed by atoms with Gasteiger partial charge in [0.1, 0.15) is 46.5 Å². The maximum absolute atomic E-state index is 5.78. The lowest BCUT2D eigenvalue weighted by Crippen LogP contribution is -2.21. The Morgan fingerprint density at radius 3 is 0.667 bits per heavy atom. The molecule has 0 atom stereocenters. The first-order chi connectivity index (χ1) is 36.1. The summed E-state index contributed by atoms with van der Waals surface area (Å²) in [7, 11) is 0. The predicted octanol–water partition coefficient (Wildman–Crippen LogP) is 17.4. The molecule has 7 heterocycles. The van der Waals surface area contributed by atoms with Crippen LogP contribution in [-0.4, -0.2) is 34.9 Å². The standard InChI is InChI=1S/C65H86N10/c1-45(2)13-19-51-25-31-66-58(37-51)73(59-38-52(26-32-67-59)20-14-46(3)4)57-43-64(74(60-39-53(27-33-68-60)21-15-47(5)6)61-40-54(28-34-69-61)22-16-48(7)8)72-65(44-57)75(62-41-55(29-35-70-62)23-17-49(9)10)63-42-56(30-36-71-63)24-18-50(11)12/h25-50H,13-24H2,1-12H3. The lowest BCUT2D eigenvalue weighted by Gasteiger charge is -2.30. The maximum atomic E-state index is 5.78. The Labute approximate surface area is 451 Å². The average molecular weight is 1010 g/mol. The summed E-state index contributed by atoms with van der Waals surface area (Å²) >= 11 is 0. The van der Waals surface area contributed by atoms with Crippen molar-refractivity contribution >= 4 is 52.2 Å². The van der Waals surface area contributed by atoms with E-state index in [0.717, 1.165) is 118 Å². The van der Waals surface area contributed by atoms with E-state index in [4.69, 9.17) is 34.9 Å². The summed E-state index contributed by atoms with van der Waals surface area (Å²) in [5.41, 5.74) is 8.12. The summed E-state index contributed by atoms with van der Waals surface area (Å²) in [6.45, 7) is 27.4. The van der Waals surface area contributed by atoms with Crippen molar-refractivity contribution in [2.45, 2.75) is 160 Å². The van der Waals surface area contributed by atoms with Crippen molar-refractivity contribution in [3.8, 4) is 0 Å². The van der Waals surface area contributed by atoms with Crippen LogP contribution < -0.4 is 14.7 Å². The predicted molar refractivity (Wildman–Crippen MR) is 314 cm³/mol. The van der Waals surface area contributed by atoms with Crippen LogP contribution in [0.4, 0.5) is 52.2 Å². The van der Waals surface area contributed by atoms with Gasteiger partial charge in [-0.2, -0.15) is 0 Å². The summed E-state index contributed by atoms with van der Waals surface area (Å²) in [5.74, 6) is 9.12. The number of anilines is 9. The van der Waals surface area contributed by atoms with Crippen LogP contribution in [0.3, 0.4) is 0 Å². The Hall–Kier alpha value is -6.55. The maximum Gasteiger partial charge on any atom is 0.144 e. The largest absolute Gasteiger partial charge is 0.279 e. The highest BCUT2D eigenvalue weighted by atomic mass is 15.3. The molecule has 396 valence electrons. The van der Waals surface area contributed by atoms with Gasteiger partial charge in [0.05, 0.1) is 5.69 Å². The van der Waals surface area contributed by atoms with Gasteiger partial charge in [-0.25, -0.2) is 34.9 Å². The van der Waals surface area contributed by atoms with Gasteiger partial charge in [0.15, 0.2) is 0 Å². The first kappa shape index (κ1) is 56.2. The molecule has 0 aliphatic carbocycles. The van der Waals surface area contributed by atoms with E-state index in [1.165, 1.54) is 33.4 Å². The highest BCUT2D eigenvalue weighted by Crippen LogP contribution is 2.43. The van der Waals surface area contributed by atoms with Crippen LogP contribution in [0.25, 0.3) is 0 Å². The van der Waals surface area contributed by atoms with E-state index in [2.05, 4.69) is 183 Å². The summed E-state index contributed by atoms with van der Waals surface area (Å²) in [6, 6.07) is 30.5. The van der Waals surface area contributed by atoms with E-state index in [9.17, 15) is 0 Å². The Morgan fingerprint density at radius 2 is 0.467 bits per heavy atom. The van der Waals surface area contributed by atoms with Crippen LogP contribution in [-0.2, 0) is 38.5 Å². The van der Waals surface area contributed by atoms with Gasteiger partial charge in [0, 0.05) is 49.3 Å². The Balaban J connectivity index is 1.57. The van der Waals surface area contributed by atoms with Gasteiger partial charge < -0.3 is 0 Å².